The minimum absolute atomic E-state index is 0.0749. The van der Waals surface area contributed by atoms with Crippen LogP contribution in [0.2, 0.25) is 0 Å². The lowest BCUT2D eigenvalue weighted by atomic mass is 9.96. The highest BCUT2D eigenvalue weighted by Crippen LogP contribution is 2.16. The lowest BCUT2D eigenvalue weighted by Gasteiger charge is -2.31. The van der Waals surface area contributed by atoms with Crippen LogP contribution in [-0.2, 0) is 4.79 Å². The second-order valence-corrected chi connectivity index (χ2v) is 5.51. The SMILES string of the molecule is CCN1CCC(CNC(=O)[C@H](N)c2ccccc2)CC1. The van der Waals surface area contributed by atoms with Crippen LogP contribution < -0.4 is 11.1 Å². The van der Waals surface area contributed by atoms with E-state index in [1.807, 2.05) is 30.3 Å². The van der Waals surface area contributed by atoms with E-state index < -0.39 is 6.04 Å². The predicted molar refractivity (Wildman–Crippen MR) is 81.2 cm³/mol. The van der Waals surface area contributed by atoms with Gasteiger partial charge in [0.1, 0.15) is 6.04 Å². The van der Waals surface area contributed by atoms with E-state index in [0.717, 1.165) is 44.6 Å². The molecule has 0 saturated carbocycles. The Hall–Kier alpha value is -1.39. The van der Waals surface area contributed by atoms with Crippen LogP contribution in [0.1, 0.15) is 31.4 Å². The molecule has 1 amide bonds. The van der Waals surface area contributed by atoms with Gasteiger partial charge in [0.15, 0.2) is 0 Å². The van der Waals surface area contributed by atoms with Gasteiger partial charge in [0.2, 0.25) is 5.91 Å². The Kier molecular flexibility index (Phi) is 5.56. The molecule has 0 radical (unpaired) electrons. The summed E-state index contributed by atoms with van der Waals surface area (Å²) in [5, 5.41) is 3.00. The van der Waals surface area contributed by atoms with E-state index in [0.29, 0.717) is 5.92 Å². The van der Waals surface area contributed by atoms with E-state index in [1.165, 1.54) is 0 Å². The summed E-state index contributed by atoms with van der Waals surface area (Å²) in [6.07, 6.45) is 2.32. The summed E-state index contributed by atoms with van der Waals surface area (Å²) in [7, 11) is 0. The maximum atomic E-state index is 12.1. The van der Waals surface area contributed by atoms with Crippen molar-refractivity contribution in [3.8, 4) is 0 Å². The van der Waals surface area contributed by atoms with E-state index in [9.17, 15) is 4.79 Å². The largest absolute Gasteiger partial charge is 0.354 e. The number of carbonyl (C=O) groups is 1. The zero-order valence-electron chi connectivity index (χ0n) is 12.2. The summed E-state index contributed by atoms with van der Waals surface area (Å²) in [6.45, 7) is 6.35. The molecule has 0 spiro atoms. The second kappa shape index (κ2) is 7.41. The molecule has 1 aliphatic rings. The number of nitrogens with two attached hydrogens (primary N) is 1. The van der Waals surface area contributed by atoms with Crippen molar-refractivity contribution in [2.75, 3.05) is 26.2 Å². The summed E-state index contributed by atoms with van der Waals surface area (Å²) < 4.78 is 0. The first-order chi connectivity index (χ1) is 9.70. The predicted octanol–water partition coefficient (Wildman–Crippen LogP) is 1.53. The second-order valence-electron chi connectivity index (χ2n) is 5.51. The van der Waals surface area contributed by atoms with Crippen molar-refractivity contribution < 1.29 is 4.79 Å². The molecule has 1 heterocycles. The van der Waals surface area contributed by atoms with Gasteiger partial charge in [-0.2, -0.15) is 0 Å². The van der Waals surface area contributed by atoms with E-state index in [1.54, 1.807) is 0 Å². The lowest BCUT2D eigenvalue weighted by Crippen LogP contribution is -2.41. The van der Waals surface area contributed by atoms with Crippen LogP contribution in [0.25, 0.3) is 0 Å². The highest BCUT2D eigenvalue weighted by molar-refractivity contribution is 5.82. The number of hydrogen-bond acceptors (Lipinski definition) is 3. The van der Waals surface area contributed by atoms with Gasteiger partial charge in [0, 0.05) is 6.54 Å². The maximum Gasteiger partial charge on any atom is 0.241 e. The van der Waals surface area contributed by atoms with Crippen molar-refractivity contribution in [3.05, 3.63) is 35.9 Å². The fourth-order valence-corrected chi connectivity index (χ4v) is 2.67. The van der Waals surface area contributed by atoms with Gasteiger partial charge >= 0.3 is 0 Å². The zero-order chi connectivity index (χ0) is 14.4. The molecule has 1 aromatic rings. The zero-order valence-corrected chi connectivity index (χ0v) is 12.2. The smallest absolute Gasteiger partial charge is 0.241 e. The Labute approximate surface area is 121 Å². The van der Waals surface area contributed by atoms with Gasteiger partial charge in [-0.25, -0.2) is 0 Å². The summed E-state index contributed by atoms with van der Waals surface area (Å²) in [6, 6.07) is 8.96. The van der Waals surface area contributed by atoms with Crippen LogP contribution in [0.4, 0.5) is 0 Å². The van der Waals surface area contributed by atoms with E-state index in [2.05, 4.69) is 17.1 Å². The quantitative estimate of drug-likeness (QED) is 0.857. The summed E-state index contributed by atoms with van der Waals surface area (Å²) in [5.41, 5.74) is 6.84. The molecule has 0 bridgehead atoms. The van der Waals surface area contributed by atoms with E-state index >= 15 is 0 Å². The Morgan fingerprint density at radius 3 is 2.60 bits per heavy atom. The van der Waals surface area contributed by atoms with Crippen LogP contribution in [0.5, 0.6) is 0 Å². The number of piperidine rings is 1. The van der Waals surface area contributed by atoms with Gasteiger partial charge in [-0.1, -0.05) is 37.3 Å². The first-order valence-electron chi connectivity index (χ1n) is 7.51. The third-order valence-electron chi connectivity index (χ3n) is 4.16. The molecule has 1 atom stereocenters. The van der Waals surface area contributed by atoms with Crippen LogP contribution in [-0.4, -0.2) is 37.0 Å². The topological polar surface area (TPSA) is 58.4 Å². The van der Waals surface area contributed by atoms with Gasteiger partial charge in [0.05, 0.1) is 0 Å². The van der Waals surface area contributed by atoms with Crippen LogP contribution in [0.15, 0.2) is 30.3 Å². The van der Waals surface area contributed by atoms with Crippen molar-refractivity contribution in [3.63, 3.8) is 0 Å². The van der Waals surface area contributed by atoms with Crippen LogP contribution in [0.3, 0.4) is 0 Å². The van der Waals surface area contributed by atoms with Gasteiger partial charge in [-0.3, -0.25) is 4.79 Å². The molecule has 0 unspecified atom stereocenters. The Morgan fingerprint density at radius 2 is 2.00 bits per heavy atom. The fourth-order valence-electron chi connectivity index (χ4n) is 2.67. The normalized spacial score (nSPS) is 18.7. The van der Waals surface area contributed by atoms with Crippen LogP contribution >= 0.6 is 0 Å². The number of likely N-dealkylation sites (tertiary alicyclic amines) is 1. The molecule has 1 aliphatic heterocycles. The van der Waals surface area contributed by atoms with Gasteiger partial charge in [0.25, 0.3) is 0 Å². The minimum Gasteiger partial charge on any atom is -0.354 e. The van der Waals surface area contributed by atoms with Crippen LogP contribution in [0, 0.1) is 5.92 Å². The molecule has 1 saturated heterocycles. The third kappa shape index (κ3) is 4.05. The van der Waals surface area contributed by atoms with Crippen molar-refractivity contribution >= 4 is 5.91 Å². The third-order valence-corrected chi connectivity index (χ3v) is 4.16. The lowest BCUT2D eigenvalue weighted by molar-refractivity contribution is -0.122. The molecule has 1 aromatic carbocycles. The number of nitrogens with one attached hydrogen (secondary N) is 1. The molecule has 1 fully saturated rings. The molecule has 20 heavy (non-hydrogen) atoms. The number of carbonyl (C=O) groups excluding carboxylic acids is 1. The van der Waals surface area contributed by atoms with E-state index in [4.69, 9.17) is 5.73 Å². The molecule has 4 nitrogen and oxygen atoms in total. The van der Waals surface area contributed by atoms with Crippen molar-refractivity contribution in [2.24, 2.45) is 11.7 Å². The molecular formula is C16H25N3O. The van der Waals surface area contributed by atoms with Gasteiger partial charge in [-0.05, 0) is 44.0 Å². The summed E-state index contributed by atoms with van der Waals surface area (Å²) in [5.74, 6) is 0.513. The minimum atomic E-state index is -0.563. The molecule has 110 valence electrons. The molecule has 4 heteroatoms. The molecule has 0 aromatic heterocycles. The fraction of sp³-hybridized carbons (Fsp3) is 0.562. The summed E-state index contributed by atoms with van der Waals surface area (Å²) >= 11 is 0. The van der Waals surface area contributed by atoms with Gasteiger partial charge in [-0.15, -0.1) is 0 Å². The number of rotatable bonds is 5. The first kappa shape index (κ1) is 15.0. The van der Waals surface area contributed by atoms with Crippen molar-refractivity contribution in [2.45, 2.75) is 25.8 Å². The average molecular weight is 275 g/mol. The highest BCUT2D eigenvalue weighted by Gasteiger charge is 2.20. The molecule has 2 rings (SSSR count). The molecule has 0 aliphatic carbocycles. The molecule has 3 N–H and O–H groups in total. The Bertz CT molecular complexity index is 413. The number of nitrogens with zero attached hydrogens (tertiary/aromatic N) is 1. The number of hydrogen-bond donors (Lipinski definition) is 2. The first-order valence-corrected chi connectivity index (χ1v) is 7.51. The number of benzene rings is 1. The highest BCUT2D eigenvalue weighted by atomic mass is 16.2. The van der Waals surface area contributed by atoms with Crippen molar-refractivity contribution in [1.82, 2.24) is 10.2 Å². The molecular weight excluding hydrogens is 250 g/mol. The Balaban J connectivity index is 1.75. The summed E-state index contributed by atoms with van der Waals surface area (Å²) in [4.78, 5) is 14.5. The number of amides is 1. The van der Waals surface area contributed by atoms with Crippen molar-refractivity contribution in [1.29, 1.82) is 0 Å². The maximum absolute atomic E-state index is 12.1. The monoisotopic (exact) mass is 275 g/mol. The Morgan fingerprint density at radius 1 is 1.35 bits per heavy atom. The standard InChI is InChI=1S/C16H25N3O/c1-2-19-10-8-13(9-11-19)12-18-16(20)15(17)14-6-4-3-5-7-14/h3-7,13,15H,2,8-12,17H2,1H3,(H,18,20)/t15-/m1/s1. The average Bonchev–Trinajstić information content (AvgIpc) is 2.53. The van der Waals surface area contributed by atoms with E-state index in [-0.39, 0.29) is 5.91 Å². The van der Waals surface area contributed by atoms with Gasteiger partial charge < -0.3 is 16.0 Å².